The number of carbonyl (C=O) groups is 1. The van der Waals surface area contributed by atoms with Crippen LogP contribution in [0.5, 0.6) is 0 Å². The molecule has 0 radical (unpaired) electrons. The van der Waals surface area contributed by atoms with E-state index in [2.05, 4.69) is 11.9 Å². The third kappa shape index (κ3) is 1.44. The molecule has 1 N–H and O–H groups in total. The van der Waals surface area contributed by atoms with Crippen molar-refractivity contribution in [3.8, 4) is 0 Å². The summed E-state index contributed by atoms with van der Waals surface area (Å²) in [4.78, 5) is 11.7. The molecule has 0 saturated heterocycles. The first-order valence-corrected chi connectivity index (χ1v) is 4.51. The Balaban J connectivity index is 2.79. The van der Waals surface area contributed by atoms with Gasteiger partial charge in [0.1, 0.15) is 0 Å². The minimum atomic E-state index is -0.272. The molecular weight excluding hydrogens is 150 g/mol. The maximum atomic E-state index is 11.7. The van der Waals surface area contributed by atoms with Gasteiger partial charge in [0.2, 0.25) is 0 Å². The van der Waals surface area contributed by atoms with E-state index in [0.717, 1.165) is 25.7 Å². The van der Waals surface area contributed by atoms with Crippen LogP contribution < -0.4 is 5.32 Å². The molecule has 1 rings (SSSR count). The van der Waals surface area contributed by atoms with E-state index in [4.69, 9.17) is 0 Å². The van der Waals surface area contributed by atoms with Gasteiger partial charge in [-0.15, -0.1) is 0 Å². The normalized spacial score (nSPS) is 20.8. The quantitative estimate of drug-likeness (QED) is 0.648. The second-order valence-electron chi connectivity index (χ2n) is 3.65. The van der Waals surface area contributed by atoms with Crippen LogP contribution >= 0.6 is 0 Å². The Morgan fingerprint density at radius 2 is 1.92 bits per heavy atom. The molecule has 0 aromatic heterocycles. The van der Waals surface area contributed by atoms with Crippen molar-refractivity contribution in [3.63, 3.8) is 0 Å². The van der Waals surface area contributed by atoms with Gasteiger partial charge in [-0.3, -0.25) is 4.79 Å². The van der Waals surface area contributed by atoms with Crippen molar-refractivity contribution >= 4 is 5.78 Å². The Bertz CT molecular complexity index is 202. The van der Waals surface area contributed by atoms with Crippen LogP contribution in [-0.4, -0.2) is 18.4 Å². The summed E-state index contributed by atoms with van der Waals surface area (Å²) in [6.07, 6.45) is 4.24. The first kappa shape index (κ1) is 9.46. The molecule has 0 aliphatic heterocycles. The van der Waals surface area contributed by atoms with Gasteiger partial charge in [-0.2, -0.15) is 0 Å². The number of Topliss-reactive ketones (excluding diaryl/α,β-unsaturated/α-hetero) is 1. The molecule has 68 valence electrons. The summed E-state index contributed by atoms with van der Waals surface area (Å²) in [5, 5.41) is 3.15. The highest BCUT2D eigenvalue weighted by molar-refractivity contribution is 6.01. The van der Waals surface area contributed by atoms with Crippen LogP contribution in [0.25, 0.3) is 0 Å². The highest BCUT2D eigenvalue weighted by Crippen LogP contribution is 2.31. The fourth-order valence-corrected chi connectivity index (χ4v) is 1.98. The number of likely N-dealkylation sites (N-methyl/N-ethyl adjacent to an activating group) is 1. The molecule has 12 heavy (non-hydrogen) atoms. The van der Waals surface area contributed by atoms with Gasteiger partial charge in [-0.25, -0.2) is 0 Å². The maximum absolute atomic E-state index is 11.7. The van der Waals surface area contributed by atoms with Crippen molar-refractivity contribution in [2.75, 3.05) is 7.05 Å². The number of hydrogen-bond donors (Lipinski definition) is 1. The maximum Gasteiger partial charge on any atom is 0.177 e. The van der Waals surface area contributed by atoms with E-state index in [9.17, 15) is 4.79 Å². The van der Waals surface area contributed by atoms with Gasteiger partial charge in [-0.1, -0.05) is 19.4 Å². The number of ketones is 1. The lowest BCUT2D eigenvalue weighted by atomic mass is 9.89. The fourth-order valence-electron chi connectivity index (χ4n) is 1.98. The van der Waals surface area contributed by atoms with E-state index in [-0.39, 0.29) is 11.3 Å². The average Bonchev–Trinajstić information content (AvgIpc) is 2.52. The van der Waals surface area contributed by atoms with Gasteiger partial charge in [0.05, 0.1) is 5.54 Å². The smallest absolute Gasteiger partial charge is 0.177 e. The molecule has 0 amide bonds. The van der Waals surface area contributed by atoms with E-state index in [1.807, 2.05) is 7.05 Å². The molecule has 0 atom stereocenters. The number of carbonyl (C=O) groups excluding carboxylic acids is 1. The van der Waals surface area contributed by atoms with Crippen molar-refractivity contribution in [3.05, 3.63) is 12.2 Å². The second-order valence-corrected chi connectivity index (χ2v) is 3.65. The zero-order chi connectivity index (χ0) is 9.19. The SMILES string of the molecule is C=C(C)C(=O)C1(NC)CCCC1. The highest BCUT2D eigenvalue weighted by atomic mass is 16.1. The van der Waals surface area contributed by atoms with Gasteiger partial charge in [0.15, 0.2) is 5.78 Å². The third-order valence-electron chi connectivity index (χ3n) is 2.76. The minimum Gasteiger partial charge on any atom is -0.308 e. The molecule has 0 bridgehead atoms. The Morgan fingerprint density at radius 1 is 1.42 bits per heavy atom. The van der Waals surface area contributed by atoms with E-state index in [1.54, 1.807) is 6.92 Å². The Morgan fingerprint density at radius 3 is 2.25 bits per heavy atom. The van der Waals surface area contributed by atoms with Crippen LogP contribution in [-0.2, 0) is 4.79 Å². The molecule has 1 aliphatic rings. The third-order valence-corrected chi connectivity index (χ3v) is 2.76. The summed E-state index contributed by atoms with van der Waals surface area (Å²) in [5.74, 6) is 0.197. The average molecular weight is 167 g/mol. The molecule has 1 aliphatic carbocycles. The van der Waals surface area contributed by atoms with Crippen LogP contribution in [0.3, 0.4) is 0 Å². The lowest BCUT2D eigenvalue weighted by Crippen LogP contribution is -2.48. The van der Waals surface area contributed by atoms with Gasteiger partial charge in [0.25, 0.3) is 0 Å². The van der Waals surface area contributed by atoms with E-state index in [0.29, 0.717) is 5.57 Å². The van der Waals surface area contributed by atoms with Crippen molar-refractivity contribution in [1.29, 1.82) is 0 Å². The summed E-state index contributed by atoms with van der Waals surface area (Å²) in [6.45, 7) is 5.49. The van der Waals surface area contributed by atoms with Gasteiger partial charge >= 0.3 is 0 Å². The van der Waals surface area contributed by atoms with Gasteiger partial charge in [0, 0.05) is 0 Å². The summed E-state index contributed by atoms with van der Waals surface area (Å²) >= 11 is 0. The van der Waals surface area contributed by atoms with Crippen LogP contribution in [0.2, 0.25) is 0 Å². The molecule has 1 saturated carbocycles. The summed E-state index contributed by atoms with van der Waals surface area (Å²) in [6, 6.07) is 0. The van der Waals surface area contributed by atoms with Crippen LogP contribution in [0.1, 0.15) is 32.6 Å². The molecule has 2 heteroatoms. The number of nitrogens with one attached hydrogen (secondary N) is 1. The topological polar surface area (TPSA) is 29.1 Å². The molecular formula is C10H17NO. The van der Waals surface area contributed by atoms with E-state index >= 15 is 0 Å². The zero-order valence-corrected chi connectivity index (χ0v) is 7.94. The van der Waals surface area contributed by atoms with Crippen molar-refractivity contribution in [2.45, 2.75) is 38.1 Å². The Kier molecular flexibility index (Phi) is 2.68. The zero-order valence-electron chi connectivity index (χ0n) is 7.94. The highest BCUT2D eigenvalue weighted by Gasteiger charge is 2.39. The van der Waals surface area contributed by atoms with Gasteiger partial charge < -0.3 is 5.32 Å². The fraction of sp³-hybridized carbons (Fsp3) is 0.700. The van der Waals surface area contributed by atoms with Gasteiger partial charge in [-0.05, 0) is 32.4 Å². The molecule has 0 unspecified atom stereocenters. The van der Waals surface area contributed by atoms with E-state index < -0.39 is 0 Å². The summed E-state index contributed by atoms with van der Waals surface area (Å²) in [5.41, 5.74) is 0.400. The monoisotopic (exact) mass is 167 g/mol. The largest absolute Gasteiger partial charge is 0.308 e. The molecule has 0 aromatic carbocycles. The lowest BCUT2D eigenvalue weighted by Gasteiger charge is -2.26. The Hall–Kier alpha value is -0.630. The molecule has 2 nitrogen and oxygen atoms in total. The Labute approximate surface area is 74.0 Å². The predicted molar refractivity (Wildman–Crippen MR) is 50.1 cm³/mol. The standard InChI is InChI=1S/C10H17NO/c1-8(2)9(12)10(11-3)6-4-5-7-10/h11H,1,4-7H2,2-3H3. The van der Waals surface area contributed by atoms with Crippen LogP contribution in [0, 0.1) is 0 Å². The van der Waals surface area contributed by atoms with Crippen LogP contribution in [0.4, 0.5) is 0 Å². The first-order valence-electron chi connectivity index (χ1n) is 4.51. The summed E-state index contributed by atoms with van der Waals surface area (Å²) < 4.78 is 0. The van der Waals surface area contributed by atoms with Crippen molar-refractivity contribution in [1.82, 2.24) is 5.32 Å². The predicted octanol–water partition coefficient (Wildman–Crippen LogP) is 1.66. The summed E-state index contributed by atoms with van der Waals surface area (Å²) in [7, 11) is 1.87. The molecule has 0 heterocycles. The minimum absolute atomic E-state index is 0.197. The van der Waals surface area contributed by atoms with Crippen molar-refractivity contribution < 1.29 is 4.79 Å². The van der Waals surface area contributed by atoms with Crippen LogP contribution in [0.15, 0.2) is 12.2 Å². The molecule has 0 spiro atoms. The van der Waals surface area contributed by atoms with E-state index in [1.165, 1.54) is 0 Å². The number of hydrogen-bond acceptors (Lipinski definition) is 2. The first-order chi connectivity index (χ1) is 5.62. The number of rotatable bonds is 3. The van der Waals surface area contributed by atoms with Crippen molar-refractivity contribution in [2.24, 2.45) is 0 Å². The molecule has 1 fully saturated rings. The molecule has 0 aromatic rings. The second kappa shape index (κ2) is 3.40. The lowest BCUT2D eigenvalue weighted by molar-refractivity contribution is -0.121.